The molecule has 11 heteroatoms. The van der Waals surface area contributed by atoms with Gasteiger partial charge in [-0.3, -0.25) is 9.59 Å². The molecule has 0 radical (unpaired) electrons. The van der Waals surface area contributed by atoms with Crippen LogP contribution in [-0.2, 0) is 10.0 Å². The molecule has 196 valence electrons. The normalized spacial score (nSPS) is 11.5. The fraction of sp³-hybridized carbons (Fsp3) is 0.0357. The number of anilines is 1. The number of nitrogens with zero attached hydrogens (tertiary/aromatic N) is 2. The van der Waals surface area contributed by atoms with Gasteiger partial charge in [-0.15, -0.1) is 0 Å². The summed E-state index contributed by atoms with van der Waals surface area (Å²) >= 11 is 6.49. The Balaban J connectivity index is 1.52. The number of amides is 2. The first-order valence-corrected chi connectivity index (χ1v) is 13.6. The van der Waals surface area contributed by atoms with Gasteiger partial charge in [0.1, 0.15) is 5.69 Å². The number of fused-ring (bicyclic) bond motifs is 1. The van der Waals surface area contributed by atoms with E-state index >= 15 is 0 Å². The molecule has 0 saturated carbocycles. The van der Waals surface area contributed by atoms with E-state index in [9.17, 15) is 18.0 Å². The Kier molecular flexibility index (Phi) is 6.69. The first-order chi connectivity index (χ1) is 18.5. The van der Waals surface area contributed by atoms with Gasteiger partial charge in [-0.2, -0.15) is 5.10 Å². The van der Waals surface area contributed by atoms with E-state index in [2.05, 4.69) is 10.4 Å². The topological polar surface area (TPSA) is 150 Å². The van der Waals surface area contributed by atoms with Gasteiger partial charge < -0.3 is 11.1 Å². The van der Waals surface area contributed by atoms with Gasteiger partial charge in [0.25, 0.3) is 11.8 Å². The number of primary amides is 1. The van der Waals surface area contributed by atoms with Gasteiger partial charge in [0.15, 0.2) is 0 Å². The van der Waals surface area contributed by atoms with Crippen LogP contribution in [0.25, 0.3) is 27.6 Å². The summed E-state index contributed by atoms with van der Waals surface area (Å²) in [5.74, 6) is -1.19. The lowest BCUT2D eigenvalue weighted by Gasteiger charge is -2.14. The van der Waals surface area contributed by atoms with Gasteiger partial charge in [0, 0.05) is 5.56 Å². The quantitative estimate of drug-likeness (QED) is 0.276. The lowest BCUT2D eigenvalue weighted by molar-refractivity contribution is 0.0993. The third-order valence-corrected chi connectivity index (χ3v) is 7.43. The summed E-state index contributed by atoms with van der Waals surface area (Å²) in [6.07, 6.45) is 0. The number of aryl methyl sites for hydroxylation is 1. The second-order valence-electron chi connectivity index (χ2n) is 8.85. The second kappa shape index (κ2) is 9.99. The van der Waals surface area contributed by atoms with Crippen molar-refractivity contribution in [3.63, 3.8) is 0 Å². The molecule has 39 heavy (non-hydrogen) atoms. The minimum atomic E-state index is -3.97. The molecule has 1 aromatic heterocycles. The molecule has 5 N–H and O–H groups in total. The van der Waals surface area contributed by atoms with Gasteiger partial charge in [-0.1, -0.05) is 60.1 Å². The summed E-state index contributed by atoms with van der Waals surface area (Å²) in [5.41, 5.74) is 8.12. The minimum Gasteiger partial charge on any atom is -0.366 e. The molecule has 2 amide bonds. The lowest BCUT2D eigenvalue weighted by atomic mass is 10.0. The highest BCUT2D eigenvalue weighted by atomic mass is 35.5. The Morgan fingerprint density at radius 1 is 0.923 bits per heavy atom. The smallest absolute Gasteiger partial charge is 0.274 e. The van der Waals surface area contributed by atoms with E-state index in [0.29, 0.717) is 22.5 Å². The molecule has 0 aliphatic rings. The van der Waals surface area contributed by atoms with Crippen LogP contribution >= 0.6 is 11.6 Å². The molecule has 0 fully saturated rings. The van der Waals surface area contributed by atoms with Crippen LogP contribution in [0.4, 0.5) is 5.69 Å². The molecule has 0 aliphatic carbocycles. The van der Waals surface area contributed by atoms with Crippen molar-refractivity contribution in [2.45, 2.75) is 11.8 Å². The molecule has 1 heterocycles. The molecule has 0 saturated heterocycles. The molecule has 9 nitrogen and oxygen atoms in total. The SMILES string of the molecule is Cc1cc(C(=O)Nc2ccc(-c3ccccc3S(N)(=O)=O)cc2Cl)n(-c2cc3ccccc3cc2C(N)=O)n1. The summed E-state index contributed by atoms with van der Waals surface area (Å²) < 4.78 is 25.4. The number of hydrogen-bond donors (Lipinski definition) is 3. The van der Waals surface area contributed by atoms with Crippen molar-refractivity contribution in [2.24, 2.45) is 10.9 Å². The van der Waals surface area contributed by atoms with Crippen LogP contribution < -0.4 is 16.2 Å². The summed E-state index contributed by atoms with van der Waals surface area (Å²) in [5, 5.41) is 14.4. The predicted molar refractivity (Wildman–Crippen MR) is 151 cm³/mol. The van der Waals surface area contributed by atoms with Crippen molar-refractivity contribution < 1.29 is 18.0 Å². The molecule has 0 aliphatic heterocycles. The molecule has 0 bridgehead atoms. The zero-order chi connectivity index (χ0) is 27.9. The van der Waals surface area contributed by atoms with Gasteiger partial charge in [-0.05, 0) is 59.7 Å². The van der Waals surface area contributed by atoms with E-state index in [1.165, 1.54) is 16.8 Å². The van der Waals surface area contributed by atoms with E-state index in [1.807, 2.05) is 24.3 Å². The number of halogens is 1. The third kappa shape index (κ3) is 5.13. The van der Waals surface area contributed by atoms with Gasteiger partial charge >= 0.3 is 0 Å². The number of aromatic nitrogens is 2. The molecule has 0 spiro atoms. The van der Waals surface area contributed by atoms with E-state index in [-0.39, 0.29) is 26.9 Å². The predicted octanol–water partition coefficient (Wildman–Crippen LogP) is 4.65. The summed E-state index contributed by atoms with van der Waals surface area (Å²) in [6.45, 7) is 1.73. The van der Waals surface area contributed by atoms with Gasteiger partial charge in [-0.25, -0.2) is 18.2 Å². The molecule has 4 aromatic carbocycles. The van der Waals surface area contributed by atoms with Crippen LogP contribution in [0.5, 0.6) is 0 Å². The Bertz CT molecular complexity index is 1900. The average Bonchev–Trinajstić information content (AvgIpc) is 3.30. The van der Waals surface area contributed by atoms with Crippen LogP contribution in [0, 0.1) is 6.92 Å². The largest absolute Gasteiger partial charge is 0.366 e. The van der Waals surface area contributed by atoms with Crippen LogP contribution in [0.1, 0.15) is 26.5 Å². The molecule has 0 atom stereocenters. The Labute approximate surface area is 229 Å². The Morgan fingerprint density at radius 3 is 2.26 bits per heavy atom. The van der Waals surface area contributed by atoms with Crippen molar-refractivity contribution in [3.05, 3.63) is 107 Å². The van der Waals surface area contributed by atoms with E-state index in [4.69, 9.17) is 22.5 Å². The average molecular weight is 560 g/mol. The van der Waals surface area contributed by atoms with Gasteiger partial charge in [0.2, 0.25) is 10.0 Å². The van der Waals surface area contributed by atoms with E-state index < -0.39 is 21.8 Å². The van der Waals surface area contributed by atoms with Gasteiger partial charge in [0.05, 0.1) is 32.6 Å². The highest BCUT2D eigenvalue weighted by Gasteiger charge is 2.21. The maximum absolute atomic E-state index is 13.4. The first-order valence-electron chi connectivity index (χ1n) is 11.7. The zero-order valence-electron chi connectivity index (χ0n) is 20.6. The lowest BCUT2D eigenvalue weighted by Crippen LogP contribution is -2.20. The van der Waals surface area contributed by atoms with Crippen molar-refractivity contribution in [2.75, 3.05) is 5.32 Å². The zero-order valence-corrected chi connectivity index (χ0v) is 22.1. The fourth-order valence-corrected chi connectivity index (χ4v) is 5.36. The van der Waals surface area contributed by atoms with Crippen molar-refractivity contribution in [1.82, 2.24) is 9.78 Å². The van der Waals surface area contributed by atoms with Crippen LogP contribution in [0.3, 0.4) is 0 Å². The monoisotopic (exact) mass is 559 g/mol. The highest BCUT2D eigenvalue weighted by molar-refractivity contribution is 7.89. The maximum Gasteiger partial charge on any atom is 0.274 e. The first kappa shape index (κ1) is 26.1. The Hall–Kier alpha value is -4.51. The van der Waals surface area contributed by atoms with Crippen molar-refractivity contribution in [3.8, 4) is 16.8 Å². The maximum atomic E-state index is 13.4. The number of primary sulfonamides is 1. The molecule has 5 rings (SSSR count). The highest BCUT2D eigenvalue weighted by Crippen LogP contribution is 2.33. The van der Waals surface area contributed by atoms with E-state index in [0.717, 1.165) is 10.8 Å². The molecule has 0 unspecified atom stereocenters. The number of carbonyl (C=O) groups is 2. The van der Waals surface area contributed by atoms with Crippen LogP contribution in [-0.4, -0.2) is 30.0 Å². The second-order valence-corrected chi connectivity index (χ2v) is 10.8. The number of sulfonamides is 1. The van der Waals surface area contributed by atoms with Crippen LogP contribution in [0.15, 0.2) is 89.8 Å². The fourth-order valence-electron chi connectivity index (χ4n) is 4.37. The summed E-state index contributed by atoms with van der Waals surface area (Å²) in [6, 6.07) is 23.5. The number of hydrogen-bond acceptors (Lipinski definition) is 5. The number of rotatable bonds is 6. The number of carbonyl (C=O) groups excluding carboxylic acids is 2. The van der Waals surface area contributed by atoms with E-state index in [1.54, 1.807) is 55.5 Å². The Morgan fingerprint density at radius 2 is 1.59 bits per heavy atom. The minimum absolute atomic E-state index is 0.0436. The number of nitrogens with two attached hydrogens (primary N) is 2. The van der Waals surface area contributed by atoms with Crippen LogP contribution in [0.2, 0.25) is 5.02 Å². The molecular formula is C28H22ClN5O4S. The standard InChI is InChI=1S/C28H22ClN5O4S/c1-16-12-25(34(33-16)24-15-18-7-3-2-6-17(18)13-21(24)27(30)35)28(36)32-23-11-10-19(14-22(23)29)20-8-4-5-9-26(20)39(31,37)38/h2-15H,1H3,(H2,30,35)(H,32,36)(H2,31,37,38). The summed E-state index contributed by atoms with van der Waals surface area (Å²) in [7, 11) is -3.97. The van der Waals surface area contributed by atoms with Crippen molar-refractivity contribution in [1.29, 1.82) is 0 Å². The van der Waals surface area contributed by atoms with Crippen molar-refractivity contribution >= 4 is 49.9 Å². The number of nitrogens with one attached hydrogen (secondary N) is 1. The molecular weight excluding hydrogens is 538 g/mol. The number of benzene rings is 4. The summed E-state index contributed by atoms with van der Waals surface area (Å²) in [4.78, 5) is 25.7. The third-order valence-electron chi connectivity index (χ3n) is 6.14. The molecule has 5 aromatic rings.